The molecule has 0 rings (SSSR count). The quantitative estimate of drug-likeness (QED) is 0.661. The monoisotopic (exact) mass is 172 g/mol. The Morgan fingerprint density at radius 2 is 1.67 bits per heavy atom. The third kappa shape index (κ3) is 22.7. The first-order chi connectivity index (χ1) is 5.47. The van der Waals surface area contributed by atoms with Gasteiger partial charge < -0.3 is 9.84 Å². The Morgan fingerprint density at radius 3 is 1.75 bits per heavy atom. The normalized spacial score (nSPS) is 9.67. The molecular weight excluding hydrogens is 152 g/mol. The zero-order chi connectivity index (χ0) is 10.0. The number of aliphatic hydroxyl groups excluding tert-OH is 1. The number of hydrogen-bond acceptors (Lipinski definition) is 2. The summed E-state index contributed by atoms with van der Waals surface area (Å²) < 4.78 is 5.26. The van der Waals surface area contributed by atoms with Crippen LogP contribution in [0.3, 0.4) is 0 Å². The predicted octanol–water partition coefficient (Wildman–Crippen LogP) is 2.15. The van der Waals surface area contributed by atoms with Gasteiger partial charge in [-0.2, -0.15) is 0 Å². The van der Waals surface area contributed by atoms with Crippen LogP contribution in [0.5, 0.6) is 0 Å². The van der Waals surface area contributed by atoms with E-state index in [2.05, 4.69) is 13.2 Å². The smallest absolute Gasteiger partial charge is 0.0651 e. The van der Waals surface area contributed by atoms with E-state index >= 15 is 0 Å². The van der Waals surface area contributed by atoms with Gasteiger partial charge in [-0.25, -0.2) is 0 Å². The first kappa shape index (κ1) is 14.0. The first-order valence-electron chi connectivity index (χ1n) is 3.94. The molecule has 0 aliphatic heterocycles. The molecule has 1 N–H and O–H groups in total. The second kappa shape index (κ2) is 8.50. The van der Waals surface area contributed by atoms with Gasteiger partial charge in [0.1, 0.15) is 0 Å². The summed E-state index contributed by atoms with van der Waals surface area (Å²) in [7, 11) is 0. The van der Waals surface area contributed by atoms with E-state index < -0.39 is 0 Å². The topological polar surface area (TPSA) is 29.5 Å². The fourth-order valence-corrected chi connectivity index (χ4v) is 0.309. The minimum atomic E-state index is -0.0197. The lowest BCUT2D eigenvalue weighted by molar-refractivity contribution is 0.0151. The summed E-state index contributed by atoms with van der Waals surface area (Å²) in [6.07, 6.45) is 3.19. The third-order valence-corrected chi connectivity index (χ3v) is 0.763. The molecule has 0 bridgehead atoms. The zero-order valence-electron chi connectivity index (χ0n) is 8.34. The van der Waals surface area contributed by atoms with Crippen LogP contribution in [0.15, 0.2) is 25.3 Å². The maximum atomic E-state index is 7.76. The highest BCUT2D eigenvalue weighted by Crippen LogP contribution is 2.05. The Labute approximate surface area is 75.6 Å². The minimum Gasteiger partial charge on any atom is -0.392 e. The molecule has 72 valence electrons. The molecule has 0 aliphatic carbocycles. The van der Waals surface area contributed by atoms with Crippen LogP contribution < -0.4 is 0 Å². The van der Waals surface area contributed by atoms with Crippen LogP contribution in [0.1, 0.15) is 20.8 Å². The van der Waals surface area contributed by atoms with Crippen molar-refractivity contribution in [3.8, 4) is 0 Å². The van der Waals surface area contributed by atoms with Gasteiger partial charge in [0.15, 0.2) is 0 Å². The highest BCUT2D eigenvalue weighted by molar-refractivity contribution is 4.68. The van der Waals surface area contributed by atoms with Crippen molar-refractivity contribution in [1.29, 1.82) is 0 Å². The van der Waals surface area contributed by atoms with Crippen molar-refractivity contribution in [3.05, 3.63) is 25.3 Å². The molecule has 0 heterocycles. The summed E-state index contributed by atoms with van der Waals surface area (Å²) in [5, 5.41) is 7.76. The standard InChI is InChI=1S/C7H14O.C3H6O/c1-5-6-8-7(2,3)4;1-2-3-4/h5H,1,6H2,2-4H3;2,4H,1,3H2. The summed E-state index contributed by atoms with van der Waals surface area (Å²) in [6, 6.07) is 0. The molecule has 0 saturated heterocycles. The molecule has 0 atom stereocenters. The van der Waals surface area contributed by atoms with Gasteiger partial charge >= 0.3 is 0 Å². The van der Waals surface area contributed by atoms with Crippen molar-refractivity contribution in [2.24, 2.45) is 0 Å². The molecule has 12 heavy (non-hydrogen) atoms. The van der Waals surface area contributed by atoms with E-state index in [0.717, 1.165) is 0 Å². The molecule has 0 saturated carbocycles. The largest absolute Gasteiger partial charge is 0.392 e. The third-order valence-electron chi connectivity index (χ3n) is 0.763. The number of aliphatic hydroxyl groups is 1. The zero-order valence-corrected chi connectivity index (χ0v) is 8.34. The van der Waals surface area contributed by atoms with Gasteiger partial charge in [-0.3, -0.25) is 0 Å². The van der Waals surface area contributed by atoms with Gasteiger partial charge in [0.05, 0.1) is 18.8 Å². The van der Waals surface area contributed by atoms with E-state index in [0.29, 0.717) is 6.61 Å². The summed E-state index contributed by atoms with van der Waals surface area (Å²) in [5.74, 6) is 0. The maximum Gasteiger partial charge on any atom is 0.0651 e. The molecule has 0 radical (unpaired) electrons. The lowest BCUT2D eigenvalue weighted by Gasteiger charge is -2.17. The number of ether oxygens (including phenoxy) is 1. The average Bonchev–Trinajstić information content (AvgIpc) is 2.00. The fraction of sp³-hybridized carbons (Fsp3) is 0.600. The van der Waals surface area contributed by atoms with Crippen molar-refractivity contribution in [2.75, 3.05) is 13.2 Å². The molecule has 0 unspecified atom stereocenters. The van der Waals surface area contributed by atoms with Gasteiger partial charge in [-0.1, -0.05) is 12.2 Å². The van der Waals surface area contributed by atoms with Gasteiger partial charge in [-0.05, 0) is 20.8 Å². The van der Waals surface area contributed by atoms with E-state index in [1.807, 2.05) is 20.8 Å². The summed E-state index contributed by atoms with van der Waals surface area (Å²) in [6.45, 7) is 13.6. The Hall–Kier alpha value is -0.600. The van der Waals surface area contributed by atoms with E-state index in [1.165, 1.54) is 6.08 Å². The molecule has 0 aromatic heterocycles. The van der Waals surface area contributed by atoms with Crippen molar-refractivity contribution < 1.29 is 9.84 Å². The Kier molecular flexibility index (Phi) is 9.88. The molecule has 0 fully saturated rings. The Balaban J connectivity index is 0. The second-order valence-electron chi connectivity index (χ2n) is 3.18. The van der Waals surface area contributed by atoms with Crippen LogP contribution in [0.2, 0.25) is 0 Å². The molecule has 0 amide bonds. The lowest BCUT2D eigenvalue weighted by Crippen LogP contribution is -2.18. The fourth-order valence-electron chi connectivity index (χ4n) is 0.309. The van der Waals surface area contributed by atoms with E-state index in [4.69, 9.17) is 9.84 Å². The second-order valence-corrected chi connectivity index (χ2v) is 3.18. The van der Waals surface area contributed by atoms with Crippen LogP contribution in [0.25, 0.3) is 0 Å². The van der Waals surface area contributed by atoms with Crippen molar-refractivity contribution in [3.63, 3.8) is 0 Å². The lowest BCUT2D eigenvalue weighted by atomic mass is 10.2. The average molecular weight is 172 g/mol. The molecule has 0 aromatic rings. The van der Waals surface area contributed by atoms with E-state index in [-0.39, 0.29) is 12.2 Å². The number of rotatable bonds is 3. The minimum absolute atomic E-state index is 0.0197. The van der Waals surface area contributed by atoms with Gasteiger partial charge in [0, 0.05) is 0 Å². The van der Waals surface area contributed by atoms with Crippen LogP contribution in [-0.2, 0) is 4.74 Å². The first-order valence-corrected chi connectivity index (χ1v) is 3.94. The van der Waals surface area contributed by atoms with Crippen LogP contribution >= 0.6 is 0 Å². The molecule has 0 spiro atoms. The van der Waals surface area contributed by atoms with E-state index in [1.54, 1.807) is 6.08 Å². The van der Waals surface area contributed by atoms with Crippen LogP contribution in [-0.4, -0.2) is 23.9 Å². The predicted molar refractivity (Wildman–Crippen MR) is 53.2 cm³/mol. The molecule has 2 heteroatoms. The van der Waals surface area contributed by atoms with Crippen LogP contribution in [0, 0.1) is 0 Å². The molecule has 2 nitrogen and oxygen atoms in total. The highest BCUT2D eigenvalue weighted by Gasteiger charge is 2.06. The number of hydrogen-bond donors (Lipinski definition) is 1. The Morgan fingerprint density at radius 1 is 1.25 bits per heavy atom. The molecular formula is C10H20O2. The summed E-state index contributed by atoms with van der Waals surface area (Å²) >= 11 is 0. The van der Waals surface area contributed by atoms with E-state index in [9.17, 15) is 0 Å². The van der Waals surface area contributed by atoms with Crippen LogP contribution in [0.4, 0.5) is 0 Å². The van der Waals surface area contributed by atoms with Crippen molar-refractivity contribution >= 4 is 0 Å². The SMILES string of the molecule is C=CCO.C=CCOC(C)(C)C. The summed E-state index contributed by atoms with van der Waals surface area (Å²) in [4.78, 5) is 0. The summed E-state index contributed by atoms with van der Waals surface area (Å²) in [5.41, 5.74) is -0.0197. The van der Waals surface area contributed by atoms with Gasteiger partial charge in [0.2, 0.25) is 0 Å². The molecule has 0 aromatic carbocycles. The Bertz CT molecular complexity index is 111. The highest BCUT2D eigenvalue weighted by atomic mass is 16.5. The van der Waals surface area contributed by atoms with Crippen molar-refractivity contribution in [1.82, 2.24) is 0 Å². The maximum absolute atomic E-state index is 7.76. The van der Waals surface area contributed by atoms with Crippen molar-refractivity contribution in [2.45, 2.75) is 26.4 Å². The van der Waals surface area contributed by atoms with Gasteiger partial charge in [0.25, 0.3) is 0 Å². The molecule has 0 aliphatic rings. The van der Waals surface area contributed by atoms with Gasteiger partial charge in [-0.15, -0.1) is 13.2 Å².